The molecule has 3 nitrogen and oxygen atoms in total. The monoisotopic (exact) mass is 361 g/mol. The van der Waals surface area contributed by atoms with Crippen LogP contribution in [0, 0.1) is 0 Å². The molecule has 0 fully saturated rings. The van der Waals surface area contributed by atoms with Crippen LogP contribution in [0.25, 0.3) is 0 Å². The van der Waals surface area contributed by atoms with Crippen molar-refractivity contribution in [2.45, 2.75) is 39.9 Å². The summed E-state index contributed by atoms with van der Waals surface area (Å²) < 4.78 is 3.12. The first-order valence-corrected chi connectivity index (χ1v) is 8.38. The average Bonchev–Trinajstić information content (AvgIpc) is 2.94. The van der Waals surface area contributed by atoms with Crippen LogP contribution in [0.2, 0.25) is 5.02 Å². The molecule has 104 valence electrons. The molecule has 0 aliphatic carbocycles. The van der Waals surface area contributed by atoms with Crippen LogP contribution in [0.1, 0.15) is 30.1 Å². The van der Waals surface area contributed by atoms with Crippen molar-refractivity contribution in [3.05, 3.63) is 37.2 Å². The number of rotatable bonds is 6. The fourth-order valence-electron chi connectivity index (χ4n) is 1.94. The van der Waals surface area contributed by atoms with Gasteiger partial charge in [0.1, 0.15) is 0 Å². The van der Waals surface area contributed by atoms with Crippen LogP contribution in [-0.2, 0) is 26.1 Å². The highest BCUT2D eigenvalue weighted by atomic mass is 79.9. The summed E-state index contributed by atoms with van der Waals surface area (Å²) in [6.07, 6.45) is 0.872. The maximum atomic E-state index is 6.37. The van der Waals surface area contributed by atoms with Crippen molar-refractivity contribution in [1.82, 2.24) is 15.1 Å². The fraction of sp³-hybridized carbons (Fsp3) is 0.462. The lowest BCUT2D eigenvalue weighted by Crippen LogP contribution is -2.15. The minimum Gasteiger partial charge on any atom is -0.306 e. The van der Waals surface area contributed by atoms with Gasteiger partial charge in [-0.05, 0) is 35.3 Å². The smallest absolute Gasteiger partial charge is 0.0863 e. The molecule has 0 spiro atoms. The predicted molar refractivity (Wildman–Crippen MR) is 84.9 cm³/mol. The Bertz CT molecular complexity index is 550. The largest absolute Gasteiger partial charge is 0.306 e. The molecule has 0 aliphatic heterocycles. The summed E-state index contributed by atoms with van der Waals surface area (Å²) in [7, 11) is 0. The van der Waals surface area contributed by atoms with E-state index in [0.717, 1.165) is 46.9 Å². The van der Waals surface area contributed by atoms with Crippen molar-refractivity contribution in [1.29, 1.82) is 0 Å². The summed E-state index contributed by atoms with van der Waals surface area (Å²) in [6.45, 7) is 6.61. The number of thiophene rings is 1. The lowest BCUT2D eigenvalue weighted by molar-refractivity contribution is 0.579. The van der Waals surface area contributed by atoms with Crippen molar-refractivity contribution >= 4 is 38.9 Å². The minimum atomic E-state index is 0.745. The third-order valence-corrected chi connectivity index (χ3v) is 5.04. The van der Waals surface area contributed by atoms with Crippen LogP contribution in [0.4, 0.5) is 0 Å². The molecule has 0 aromatic carbocycles. The molecule has 0 saturated heterocycles. The maximum Gasteiger partial charge on any atom is 0.0863 e. The van der Waals surface area contributed by atoms with Crippen LogP contribution in [0.3, 0.4) is 0 Å². The van der Waals surface area contributed by atoms with Gasteiger partial charge in [-0.2, -0.15) is 5.10 Å². The second-order valence-corrected chi connectivity index (χ2v) is 6.50. The lowest BCUT2D eigenvalue weighted by Gasteiger charge is -2.06. The molecular weight excluding hydrogens is 346 g/mol. The summed E-state index contributed by atoms with van der Waals surface area (Å²) in [5, 5.41) is 10.8. The zero-order valence-electron chi connectivity index (χ0n) is 11.0. The van der Waals surface area contributed by atoms with Crippen molar-refractivity contribution in [2.24, 2.45) is 0 Å². The maximum absolute atomic E-state index is 6.37. The van der Waals surface area contributed by atoms with Gasteiger partial charge in [0.25, 0.3) is 0 Å². The van der Waals surface area contributed by atoms with Crippen molar-refractivity contribution < 1.29 is 0 Å². The second kappa shape index (κ2) is 6.88. The Labute approximate surface area is 131 Å². The van der Waals surface area contributed by atoms with Gasteiger partial charge in [-0.3, -0.25) is 4.68 Å². The summed E-state index contributed by atoms with van der Waals surface area (Å²) in [5.74, 6) is 0. The van der Waals surface area contributed by atoms with Crippen molar-refractivity contribution in [3.8, 4) is 0 Å². The van der Waals surface area contributed by atoms with E-state index in [-0.39, 0.29) is 0 Å². The molecule has 1 N–H and O–H groups in total. The zero-order chi connectivity index (χ0) is 13.8. The van der Waals surface area contributed by atoms with Crippen LogP contribution in [0.15, 0.2) is 15.9 Å². The number of nitrogens with one attached hydrogen (secondary N) is 1. The minimum absolute atomic E-state index is 0.745. The van der Waals surface area contributed by atoms with E-state index in [4.69, 9.17) is 11.6 Å². The topological polar surface area (TPSA) is 29.9 Å². The van der Waals surface area contributed by atoms with Gasteiger partial charge in [0.05, 0.1) is 16.4 Å². The van der Waals surface area contributed by atoms with Crippen LogP contribution >= 0.6 is 38.9 Å². The van der Waals surface area contributed by atoms with Crippen LogP contribution in [0.5, 0.6) is 0 Å². The molecule has 19 heavy (non-hydrogen) atoms. The van der Waals surface area contributed by atoms with Gasteiger partial charge in [-0.25, -0.2) is 0 Å². The molecule has 2 rings (SSSR count). The quantitative estimate of drug-likeness (QED) is 0.833. The molecule has 2 heterocycles. The highest BCUT2D eigenvalue weighted by molar-refractivity contribution is 9.10. The standard InChI is InChI=1S/C13H17BrClN3S/c1-3-11-13(15)12(18(4-2)17-11)7-16-6-10-5-9(14)8-19-10/h5,8,16H,3-4,6-7H2,1-2H3. The van der Waals surface area contributed by atoms with E-state index in [2.05, 4.69) is 51.6 Å². The van der Waals surface area contributed by atoms with E-state index >= 15 is 0 Å². The van der Waals surface area contributed by atoms with E-state index in [9.17, 15) is 0 Å². The summed E-state index contributed by atoms with van der Waals surface area (Å²) in [6, 6.07) is 2.13. The van der Waals surface area contributed by atoms with Gasteiger partial charge in [0.2, 0.25) is 0 Å². The summed E-state index contributed by atoms with van der Waals surface area (Å²) >= 11 is 11.6. The molecule has 0 bridgehead atoms. The first kappa shape index (κ1) is 15.0. The van der Waals surface area contributed by atoms with Gasteiger partial charge in [-0.15, -0.1) is 11.3 Å². The van der Waals surface area contributed by atoms with E-state index < -0.39 is 0 Å². The number of nitrogens with zero attached hydrogens (tertiary/aromatic N) is 2. The average molecular weight is 363 g/mol. The third-order valence-electron chi connectivity index (χ3n) is 2.91. The number of aromatic nitrogens is 2. The molecule has 0 saturated carbocycles. The third kappa shape index (κ3) is 3.60. The normalized spacial score (nSPS) is 11.2. The number of aryl methyl sites for hydroxylation is 2. The molecule has 0 atom stereocenters. The SMILES string of the molecule is CCc1nn(CC)c(CNCc2cc(Br)cs2)c1Cl. The van der Waals surface area contributed by atoms with E-state index in [1.807, 2.05) is 4.68 Å². The van der Waals surface area contributed by atoms with Crippen molar-refractivity contribution in [3.63, 3.8) is 0 Å². The van der Waals surface area contributed by atoms with E-state index in [0.29, 0.717) is 0 Å². The Morgan fingerprint density at radius 2 is 2.21 bits per heavy atom. The van der Waals surface area contributed by atoms with E-state index in [1.165, 1.54) is 4.88 Å². The first-order valence-electron chi connectivity index (χ1n) is 6.33. The molecule has 0 radical (unpaired) electrons. The van der Waals surface area contributed by atoms with Gasteiger partial charge < -0.3 is 5.32 Å². The van der Waals surface area contributed by atoms with Crippen LogP contribution < -0.4 is 5.32 Å². The molecule has 2 aromatic heterocycles. The molecule has 0 amide bonds. The van der Waals surface area contributed by atoms with Gasteiger partial charge >= 0.3 is 0 Å². The molecule has 2 aromatic rings. The number of hydrogen-bond acceptors (Lipinski definition) is 3. The van der Waals surface area contributed by atoms with Gasteiger partial charge in [0.15, 0.2) is 0 Å². The number of hydrogen-bond donors (Lipinski definition) is 1. The highest BCUT2D eigenvalue weighted by Gasteiger charge is 2.13. The molecular formula is C13H17BrClN3S. The lowest BCUT2D eigenvalue weighted by atomic mass is 10.3. The Morgan fingerprint density at radius 3 is 2.79 bits per heavy atom. The Hall–Kier alpha value is -0.360. The first-order chi connectivity index (χ1) is 9.15. The predicted octanol–water partition coefficient (Wildman–Crippen LogP) is 4.23. The fourth-order valence-corrected chi connectivity index (χ4v) is 3.69. The second-order valence-electron chi connectivity index (χ2n) is 4.21. The van der Waals surface area contributed by atoms with Gasteiger partial charge in [0, 0.05) is 34.4 Å². The Balaban J connectivity index is 2.00. The summed E-state index contributed by atoms with van der Waals surface area (Å²) in [5.41, 5.74) is 2.07. The zero-order valence-corrected chi connectivity index (χ0v) is 14.2. The molecule has 0 aliphatic rings. The molecule has 0 unspecified atom stereocenters. The number of halogens is 2. The Morgan fingerprint density at radius 1 is 1.42 bits per heavy atom. The van der Waals surface area contributed by atoms with E-state index in [1.54, 1.807) is 11.3 Å². The highest BCUT2D eigenvalue weighted by Crippen LogP contribution is 2.22. The van der Waals surface area contributed by atoms with Crippen molar-refractivity contribution in [2.75, 3.05) is 0 Å². The molecule has 6 heteroatoms. The van der Waals surface area contributed by atoms with Gasteiger partial charge in [-0.1, -0.05) is 18.5 Å². The van der Waals surface area contributed by atoms with Crippen LogP contribution in [-0.4, -0.2) is 9.78 Å². The Kier molecular flexibility index (Phi) is 5.45. The summed E-state index contributed by atoms with van der Waals surface area (Å²) in [4.78, 5) is 1.31.